The molecule has 1 amide bonds. The Bertz CT molecular complexity index is 1450. The second-order valence-corrected chi connectivity index (χ2v) is 7.88. The molecule has 0 radical (unpaired) electrons. The Labute approximate surface area is 193 Å². The molecule has 0 aliphatic heterocycles. The van der Waals surface area contributed by atoms with Gasteiger partial charge in [0, 0.05) is 17.7 Å². The highest BCUT2D eigenvalue weighted by Gasteiger charge is 2.31. The number of nitrogens with zero attached hydrogens (tertiary/aromatic N) is 3. The van der Waals surface area contributed by atoms with Crippen LogP contribution in [0.5, 0.6) is 0 Å². The topological polar surface area (TPSA) is 105 Å². The van der Waals surface area contributed by atoms with Crippen molar-refractivity contribution in [3.63, 3.8) is 0 Å². The highest BCUT2D eigenvalue weighted by atomic mass is 32.1. The lowest BCUT2D eigenvalue weighted by atomic mass is 10.1. The molecule has 174 valence electrons. The molecule has 34 heavy (non-hydrogen) atoms. The Kier molecular flexibility index (Phi) is 6.16. The Hall–Kier alpha value is -4.06. The van der Waals surface area contributed by atoms with Crippen LogP contribution in [-0.4, -0.2) is 27.1 Å². The van der Waals surface area contributed by atoms with Crippen molar-refractivity contribution in [2.24, 2.45) is 0 Å². The fourth-order valence-corrected chi connectivity index (χ4v) is 4.06. The number of carbonyl (C=O) groups excluding carboxylic acids is 2. The molecule has 2 aromatic carbocycles. The van der Waals surface area contributed by atoms with Crippen LogP contribution in [0, 0.1) is 0 Å². The molecule has 8 nitrogen and oxygen atoms in total. The van der Waals surface area contributed by atoms with Crippen LogP contribution in [0.1, 0.15) is 28.7 Å². The van der Waals surface area contributed by atoms with E-state index in [2.05, 4.69) is 15.2 Å². The van der Waals surface area contributed by atoms with E-state index in [1.165, 1.54) is 24.4 Å². The number of anilines is 2. The van der Waals surface area contributed by atoms with Gasteiger partial charge in [0.05, 0.1) is 22.3 Å². The zero-order valence-electron chi connectivity index (χ0n) is 17.4. The molecule has 2 aromatic heterocycles. The van der Waals surface area contributed by atoms with Crippen LogP contribution >= 0.6 is 11.3 Å². The van der Waals surface area contributed by atoms with E-state index in [1.807, 2.05) is 0 Å². The summed E-state index contributed by atoms with van der Waals surface area (Å²) in [5, 5.41) is 8.24. The first-order valence-electron chi connectivity index (χ1n) is 9.72. The van der Waals surface area contributed by atoms with E-state index < -0.39 is 29.2 Å². The summed E-state index contributed by atoms with van der Waals surface area (Å²) in [6.07, 6.45) is -4.57. The minimum atomic E-state index is -4.57. The lowest BCUT2D eigenvalue weighted by Gasteiger charge is -2.19. The van der Waals surface area contributed by atoms with E-state index in [0.717, 1.165) is 28.4 Å². The Morgan fingerprint density at radius 2 is 1.85 bits per heavy atom. The highest BCUT2D eigenvalue weighted by Crippen LogP contribution is 2.35. The summed E-state index contributed by atoms with van der Waals surface area (Å²) in [5.74, 6) is -1.34. The number of aromatic amines is 1. The predicted octanol–water partition coefficient (Wildman–Crippen LogP) is 4.44. The van der Waals surface area contributed by atoms with Crippen LogP contribution in [-0.2, 0) is 22.3 Å². The maximum absolute atomic E-state index is 13.1. The number of esters is 1. The quantitative estimate of drug-likeness (QED) is 0.417. The largest absolute Gasteiger partial charge is 0.454 e. The molecule has 4 rings (SSSR count). The minimum Gasteiger partial charge on any atom is -0.454 e. The third-order valence-corrected chi connectivity index (χ3v) is 5.59. The van der Waals surface area contributed by atoms with Crippen molar-refractivity contribution in [1.29, 1.82) is 0 Å². The first-order valence-corrected chi connectivity index (χ1v) is 10.6. The third kappa shape index (κ3) is 4.66. The Morgan fingerprint density at radius 3 is 2.56 bits per heavy atom. The number of benzene rings is 2. The summed E-state index contributed by atoms with van der Waals surface area (Å²) in [6, 6.07) is 10.7. The minimum absolute atomic E-state index is 0.00382. The van der Waals surface area contributed by atoms with Gasteiger partial charge in [-0.2, -0.15) is 18.3 Å². The highest BCUT2D eigenvalue weighted by molar-refractivity contribution is 7.14. The molecular weight excluding hydrogens is 473 g/mol. The number of aromatic nitrogens is 3. The first-order chi connectivity index (χ1) is 16.1. The Balaban J connectivity index is 1.54. The average Bonchev–Trinajstić information content (AvgIpc) is 3.26. The second-order valence-electron chi connectivity index (χ2n) is 7.05. The van der Waals surface area contributed by atoms with Crippen molar-refractivity contribution in [2.45, 2.75) is 19.7 Å². The van der Waals surface area contributed by atoms with E-state index in [-0.39, 0.29) is 34.2 Å². The molecule has 0 saturated carbocycles. The van der Waals surface area contributed by atoms with Crippen LogP contribution in [0.4, 0.5) is 24.0 Å². The molecule has 1 N–H and O–H groups in total. The molecule has 0 atom stereocenters. The number of alkyl halides is 3. The van der Waals surface area contributed by atoms with Crippen molar-refractivity contribution in [1.82, 2.24) is 15.2 Å². The molecular formula is C22H15F3N4O4S. The monoisotopic (exact) mass is 488 g/mol. The predicted molar refractivity (Wildman–Crippen MR) is 118 cm³/mol. The number of hydrogen-bond acceptors (Lipinski definition) is 7. The van der Waals surface area contributed by atoms with Crippen molar-refractivity contribution in [2.75, 3.05) is 4.90 Å². The molecule has 0 spiro atoms. The van der Waals surface area contributed by atoms with Crippen LogP contribution in [0.2, 0.25) is 0 Å². The summed E-state index contributed by atoms with van der Waals surface area (Å²) in [7, 11) is 0. The first kappa shape index (κ1) is 23.1. The summed E-state index contributed by atoms with van der Waals surface area (Å²) in [4.78, 5) is 41.9. The van der Waals surface area contributed by atoms with Crippen LogP contribution in [0.3, 0.4) is 0 Å². The molecule has 0 aliphatic carbocycles. The van der Waals surface area contributed by atoms with Crippen molar-refractivity contribution < 1.29 is 27.5 Å². The number of halogens is 3. The number of hydrogen-bond donors (Lipinski definition) is 1. The molecule has 4 aromatic rings. The summed E-state index contributed by atoms with van der Waals surface area (Å²) < 4.78 is 44.5. The maximum Gasteiger partial charge on any atom is 0.416 e. The van der Waals surface area contributed by atoms with Gasteiger partial charge in [0.1, 0.15) is 6.61 Å². The zero-order valence-corrected chi connectivity index (χ0v) is 18.2. The number of carbonyl (C=O) groups is 2. The Morgan fingerprint density at radius 1 is 1.12 bits per heavy atom. The molecule has 0 aliphatic rings. The number of fused-ring (bicyclic) bond motifs is 1. The smallest absolute Gasteiger partial charge is 0.416 e. The number of rotatable bonds is 5. The maximum atomic E-state index is 13.1. The van der Waals surface area contributed by atoms with Crippen LogP contribution < -0.4 is 10.5 Å². The van der Waals surface area contributed by atoms with Crippen LogP contribution in [0.25, 0.3) is 10.8 Å². The number of ether oxygens (including phenoxy) is 1. The van der Waals surface area contributed by atoms with E-state index in [4.69, 9.17) is 4.74 Å². The third-order valence-electron chi connectivity index (χ3n) is 4.72. The molecule has 0 fully saturated rings. The lowest BCUT2D eigenvalue weighted by Crippen LogP contribution is -2.23. The molecule has 0 saturated heterocycles. The second kappa shape index (κ2) is 9.06. The van der Waals surface area contributed by atoms with Gasteiger partial charge in [-0.15, -0.1) is 11.3 Å². The van der Waals surface area contributed by atoms with E-state index >= 15 is 0 Å². The van der Waals surface area contributed by atoms with E-state index in [0.29, 0.717) is 5.39 Å². The van der Waals surface area contributed by atoms with Gasteiger partial charge in [-0.1, -0.05) is 24.3 Å². The van der Waals surface area contributed by atoms with E-state index in [1.54, 1.807) is 24.3 Å². The van der Waals surface area contributed by atoms with Crippen molar-refractivity contribution in [3.05, 3.63) is 81.2 Å². The summed E-state index contributed by atoms with van der Waals surface area (Å²) in [5.41, 5.74) is -1.15. The molecule has 2 heterocycles. The van der Waals surface area contributed by atoms with Gasteiger partial charge in [0.25, 0.3) is 5.56 Å². The van der Waals surface area contributed by atoms with Gasteiger partial charge in [-0.3, -0.25) is 14.5 Å². The number of H-pyrrole nitrogens is 1. The van der Waals surface area contributed by atoms with Crippen molar-refractivity contribution >= 4 is 44.8 Å². The summed E-state index contributed by atoms with van der Waals surface area (Å²) in [6.45, 7) is 0.924. The van der Waals surface area contributed by atoms with E-state index in [9.17, 15) is 27.6 Å². The lowest BCUT2D eigenvalue weighted by molar-refractivity contribution is -0.137. The fraction of sp³-hybridized carbons (Fsp3) is 0.136. The van der Waals surface area contributed by atoms with Gasteiger partial charge in [0.15, 0.2) is 10.8 Å². The molecule has 0 unspecified atom stereocenters. The van der Waals surface area contributed by atoms with Gasteiger partial charge in [0.2, 0.25) is 5.91 Å². The number of nitrogens with one attached hydrogen (secondary N) is 1. The number of amides is 1. The molecule has 12 heteroatoms. The molecule has 0 bridgehead atoms. The van der Waals surface area contributed by atoms with Gasteiger partial charge in [-0.25, -0.2) is 14.9 Å². The normalized spacial score (nSPS) is 11.4. The standard InChI is InChI=1S/C22H15F3N4O4S/c1-12(30)29(15-6-4-5-13(9-15)22(23,24)25)21-26-14(11-34-21)10-33-20(32)18-16-7-2-3-8-17(16)19(31)28-27-18/h2-9,11H,10H2,1H3,(H,28,31). The zero-order chi connectivity index (χ0) is 24.5. The fourth-order valence-electron chi connectivity index (χ4n) is 3.19. The number of thiazole rings is 1. The average molecular weight is 488 g/mol. The summed E-state index contributed by atoms with van der Waals surface area (Å²) >= 11 is 1.00. The van der Waals surface area contributed by atoms with Crippen molar-refractivity contribution in [3.8, 4) is 0 Å². The SMILES string of the molecule is CC(=O)N(c1cccc(C(F)(F)F)c1)c1nc(COC(=O)c2n[nH]c(=O)c3ccccc23)cs1. The van der Waals surface area contributed by atoms with Gasteiger partial charge in [-0.05, 0) is 24.3 Å². The van der Waals surface area contributed by atoms with Crippen LogP contribution in [0.15, 0.2) is 58.7 Å². The van der Waals surface area contributed by atoms with Gasteiger partial charge >= 0.3 is 12.1 Å². The van der Waals surface area contributed by atoms with Gasteiger partial charge < -0.3 is 4.74 Å².